The van der Waals surface area contributed by atoms with Crippen molar-refractivity contribution in [2.24, 2.45) is 0 Å². The molecule has 0 fully saturated rings. The van der Waals surface area contributed by atoms with E-state index in [-0.39, 0.29) is 5.91 Å². The van der Waals surface area contributed by atoms with E-state index in [1.807, 2.05) is 0 Å². The van der Waals surface area contributed by atoms with Gasteiger partial charge in [0.05, 0.1) is 12.3 Å². The lowest BCUT2D eigenvalue weighted by atomic mass is 10.2. The molecule has 0 saturated heterocycles. The summed E-state index contributed by atoms with van der Waals surface area (Å²) in [7, 11) is 0. The van der Waals surface area contributed by atoms with Crippen LogP contribution in [0.15, 0.2) is 17.8 Å². The van der Waals surface area contributed by atoms with Gasteiger partial charge in [-0.25, -0.2) is 4.68 Å². The third-order valence-electron chi connectivity index (χ3n) is 2.49. The first-order valence-electron chi connectivity index (χ1n) is 6.54. The average molecular weight is 283 g/mol. The number of aromatic nitrogens is 4. The van der Waals surface area contributed by atoms with Gasteiger partial charge in [0.2, 0.25) is 11.1 Å². The monoisotopic (exact) mass is 283 g/mol. The Hall–Kier alpha value is -1.37. The van der Waals surface area contributed by atoms with E-state index in [4.69, 9.17) is 0 Å². The Morgan fingerprint density at radius 2 is 2.32 bits per heavy atom. The van der Waals surface area contributed by atoms with Gasteiger partial charge in [0.15, 0.2) is 0 Å². The first kappa shape index (κ1) is 15.7. The van der Waals surface area contributed by atoms with Crippen molar-refractivity contribution in [3.05, 3.63) is 12.7 Å². The van der Waals surface area contributed by atoms with Crippen molar-refractivity contribution in [1.29, 1.82) is 0 Å². The van der Waals surface area contributed by atoms with E-state index in [0.717, 1.165) is 13.0 Å². The van der Waals surface area contributed by atoms with Crippen molar-refractivity contribution in [1.82, 2.24) is 25.5 Å². The molecule has 0 aliphatic carbocycles. The summed E-state index contributed by atoms with van der Waals surface area (Å²) < 4.78 is 1.62. The van der Waals surface area contributed by atoms with Gasteiger partial charge >= 0.3 is 0 Å². The van der Waals surface area contributed by atoms with Crippen LogP contribution in [0.5, 0.6) is 0 Å². The van der Waals surface area contributed by atoms with E-state index in [9.17, 15) is 4.79 Å². The van der Waals surface area contributed by atoms with Crippen LogP contribution in [-0.2, 0) is 11.3 Å². The van der Waals surface area contributed by atoms with E-state index < -0.39 is 0 Å². The molecule has 6 nitrogen and oxygen atoms in total. The topological polar surface area (TPSA) is 72.7 Å². The molecular weight excluding hydrogens is 262 g/mol. The van der Waals surface area contributed by atoms with Crippen LogP contribution in [0.1, 0.15) is 32.6 Å². The van der Waals surface area contributed by atoms with Gasteiger partial charge in [-0.3, -0.25) is 4.79 Å². The maximum Gasteiger partial charge on any atom is 0.230 e. The predicted octanol–water partition coefficient (Wildman–Crippen LogP) is 1.65. The Morgan fingerprint density at radius 3 is 3.05 bits per heavy atom. The minimum absolute atomic E-state index is 0.0228. The lowest BCUT2D eigenvalue weighted by Gasteiger charge is -2.04. The standard InChI is InChI=1S/C12H21N5OS/c1-3-5-6-7-8-13-11(18)10-19-12-14-15-16-17(12)9-4-2/h4H,2-3,5-10H2,1H3,(H,13,18). The fourth-order valence-corrected chi connectivity index (χ4v) is 2.21. The zero-order valence-corrected chi connectivity index (χ0v) is 12.2. The number of rotatable bonds is 10. The second-order valence-corrected chi connectivity index (χ2v) is 5.07. The van der Waals surface area contributed by atoms with Crippen molar-refractivity contribution >= 4 is 17.7 Å². The molecule has 1 amide bonds. The number of carbonyl (C=O) groups excluding carboxylic acids is 1. The van der Waals surface area contributed by atoms with Crippen LogP contribution >= 0.6 is 11.8 Å². The van der Waals surface area contributed by atoms with E-state index in [1.54, 1.807) is 10.8 Å². The third kappa shape index (κ3) is 6.37. The predicted molar refractivity (Wildman–Crippen MR) is 75.9 cm³/mol. The molecule has 0 spiro atoms. The molecule has 7 heteroatoms. The summed E-state index contributed by atoms with van der Waals surface area (Å²) in [6.07, 6.45) is 6.35. The van der Waals surface area contributed by atoms with Crippen molar-refractivity contribution in [2.45, 2.75) is 44.3 Å². The third-order valence-corrected chi connectivity index (χ3v) is 3.44. The van der Waals surface area contributed by atoms with Crippen molar-refractivity contribution in [2.75, 3.05) is 12.3 Å². The molecule has 0 unspecified atom stereocenters. The molecular formula is C12H21N5OS. The van der Waals surface area contributed by atoms with E-state index in [0.29, 0.717) is 17.5 Å². The van der Waals surface area contributed by atoms with E-state index in [1.165, 1.54) is 31.0 Å². The van der Waals surface area contributed by atoms with Crippen LogP contribution in [0.25, 0.3) is 0 Å². The molecule has 0 bridgehead atoms. The van der Waals surface area contributed by atoms with Crippen LogP contribution in [0.4, 0.5) is 0 Å². The van der Waals surface area contributed by atoms with Crippen LogP contribution < -0.4 is 5.32 Å². The van der Waals surface area contributed by atoms with E-state index >= 15 is 0 Å². The van der Waals surface area contributed by atoms with Crippen LogP contribution in [0.2, 0.25) is 0 Å². The molecule has 0 aromatic carbocycles. The highest BCUT2D eigenvalue weighted by molar-refractivity contribution is 7.99. The van der Waals surface area contributed by atoms with Gasteiger partial charge in [-0.2, -0.15) is 0 Å². The summed E-state index contributed by atoms with van der Waals surface area (Å²) in [6.45, 7) is 7.10. The number of nitrogens with zero attached hydrogens (tertiary/aromatic N) is 4. The molecule has 0 aliphatic rings. The molecule has 0 radical (unpaired) electrons. The summed E-state index contributed by atoms with van der Waals surface area (Å²) in [4.78, 5) is 11.6. The highest BCUT2D eigenvalue weighted by Crippen LogP contribution is 2.12. The molecule has 1 N–H and O–H groups in total. The molecule has 0 aliphatic heterocycles. The minimum Gasteiger partial charge on any atom is -0.355 e. The number of allylic oxidation sites excluding steroid dienone is 1. The summed E-state index contributed by atoms with van der Waals surface area (Å²) in [6, 6.07) is 0. The molecule has 106 valence electrons. The van der Waals surface area contributed by atoms with Gasteiger partial charge in [-0.05, 0) is 16.8 Å². The number of hydrogen-bond donors (Lipinski definition) is 1. The van der Waals surface area contributed by atoms with Gasteiger partial charge < -0.3 is 5.32 Å². The van der Waals surface area contributed by atoms with Crippen molar-refractivity contribution in [3.8, 4) is 0 Å². The molecule has 19 heavy (non-hydrogen) atoms. The maximum absolute atomic E-state index is 11.6. The van der Waals surface area contributed by atoms with Gasteiger partial charge in [0.1, 0.15) is 0 Å². The lowest BCUT2D eigenvalue weighted by molar-refractivity contribution is -0.118. The molecule has 1 heterocycles. The number of unbranched alkanes of at least 4 members (excludes halogenated alkanes) is 3. The van der Waals surface area contributed by atoms with E-state index in [2.05, 4.69) is 34.3 Å². The van der Waals surface area contributed by atoms with Crippen molar-refractivity contribution in [3.63, 3.8) is 0 Å². The Balaban J connectivity index is 2.18. The molecule has 0 saturated carbocycles. The summed E-state index contributed by atoms with van der Waals surface area (Å²) in [5.74, 6) is 0.361. The number of carbonyl (C=O) groups is 1. The fourth-order valence-electron chi connectivity index (χ4n) is 1.50. The zero-order chi connectivity index (χ0) is 13.9. The van der Waals surface area contributed by atoms with Gasteiger partial charge in [0.25, 0.3) is 0 Å². The van der Waals surface area contributed by atoms with Crippen LogP contribution in [0, 0.1) is 0 Å². The first-order chi connectivity index (χ1) is 9.27. The normalized spacial score (nSPS) is 10.4. The number of tetrazole rings is 1. The smallest absolute Gasteiger partial charge is 0.230 e. The van der Waals surface area contributed by atoms with Crippen LogP contribution in [-0.4, -0.2) is 38.4 Å². The fraction of sp³-hybridized carbons (Fsp3) is 0.667. The Morgan fingerprint density at radius 1 is 1.47 bits per heavy atom. The highest BCUT2D eigenvalue weighted by Gasteiger charge is 2.08. The Bertz CT molecular complexity index is 393. The van der Waals surface area contributed by atoms with Gasteiger partial charge in [-0.15, -0.1) is 11.7 Å². The number of amides is 1. The molecule has 1 rings (SSSR count). The number of nitrogens with one attached hydrogen (secondary N) is 1. The largest absolute Gasteiger partial charge is 0.355 e. The maximum atomic E-state index is 11.6. The second kappa shape index (κ2) is 9.55. The number of hydrogen-bond acceptors (Lipinski definition) is 5. The minimum atomic E-state index is 0.0228. The summed E-state index contributed by atoms with van der Waals surface area (Å²) >= 11 is 1.34. The molecule has 1 aromatic heterocycles. The Kier molecular flexibility index (Phi) is 7.88. The SMILES string of the molecule is C=CCn1nnnc1SCC(=O)NCCCCCC. The van der Waals surface area contributed by atoms with Gasteiger partial charge in [0, 0.05) is 6.54 Å². The van der Waals surface area contributed by atoms with Gasteiger partial charge in [-0.1, -0.05) is 44.0 Å². The first-order valence-corrected chi connectivity index (χ1v) is 7.53. The lowest BCUT2D eigenvalue weighted by Crippen LogP contribution is -2.26. The zero-order valence-electron chi connectivity index (χ0n) is 11.3. The summed E-state index contributed by atoms with van der Waals surface area (Å²) in [5.41, 5.74) is 0. The average Bonchev–Trinajstić information content (AvgIpc) is 2.84. The Labute approximate surface area is 118 Å². The quantitative estimate of drug-likeness (QED) is 0.401. The highest BCUT2D eigenvalue weighted by atomic mass is 32.2. The molecule has 0 atom stereocenters. The van der Waals surface area contributed by atoms with Crippen molar-refractivity contribution < 1.29 is 4.79 Å². The molecule has 1 aromatic rings. The van der Waals surface area contributed by atoms with Crippen LogP contribution in [0.3, 0.4) is 0 Å². The number of thioether (sulfide) groups is 1. The summed E-state index contributed by atoms with van der Waals surface area (Å²) in [5, 5.41) is 14.8. The second-order valence-electron chi connectivity index (χ2n) is 4.13.